The van der Waals surface area contributed by atoms with Gasteiger partial charge in [0.25, 0.3) is 5.91 Å². The minimum absolute atomic E-state index is 0.0943. The molecule has 3 aromatic rings. The summed E-state index contributed by atoms with van der Waals surface area (Å²) >= 11 is 1.00. The molecule has 7 nitrogen and oxygen atoms in total. The Labute approximate surface area is 180 Å². The number of hydrogen-bond donors (Lipinski definition) is 2. The molecule has 0 aliphatic carbocycles. The Bertz CT molecular complexity index is 1100. The highest BCUT2D eigenvalue weighted by Gasteiger charge is 2.20. The fourth-order valence-corrected chi connectivity index (χ4v) is 3.45. The summed E-state index contributed by atoms with van der Waals surface area (Å²) < 4.78 is 42.6. The zero-order chi connectivity index (χ0) is 22.5. The molecule has 1 atom stereocenters. The van der Waals surface area contributed by atoms with Gasteiger partial charge in [-0.05, 0) is 31.2 Å². The van der Waals surface area contributed by atoms with Gasteiger partial charge in [-0.2, -0.15) is 0 Å². The third-order valence-electron chi connectivity index (χ3n) is 4.28. The Morgan fingerprint density at radius 1 is 1.03 bits per heavy atom. The van der Waals surface area contributed by atoms with E-state index < -0.39 is 41.0 Å². The molecule has 3 rings (SSSR count). The van der Waals surface area contributed by atoms with Crippen LogP contribution in [0.1, 0.15) is 29.1 Å². The highest BCUT2D eigenvalue weighted by atomic mass is 32.2. The van der Waals surface area contributed by atoms with E-state index in [4.69, 9.17) is 0 Å². The second-order valence-electron chi connectivity index (χ2n) is 6.51. The Morgan fingerprint density at radius 2 is 1.68 bits per heavy atom. The maximum absolute atomic E-state index is 13.8. The van der Waals surface area contributed by atoms with E-state index in [0.717, 1.165) is 23.9 Å². The van der Waals surface area contributed by atoms with Gasteiger partial charge >= 0.3 is 0 Å². The quantitative estimate of drug-likeness (QED) is 0.540. The first-order chi connectivity index (χ1) is 14.8. The topological polar surface area (TPSA) is 88.9 Å². The number of carbonyl (C=O) groups excluding carboxylic acids is 2. The number of carbonyl (C=O) groups is 2. The lowest BCUT2D eigenvalue weighted by atomic mass is 10.2. The fourth-order valence-electron chi connectivity index (χ4n) is 2.74. The number of rotatable bonds is 7. The summed E-state index contributed by atoms with van der Waals surface area (Å²) in [6, 6.07) is 8.27. The zero-order valence-corrected chi connectivity index (χ0v) is 17.3. The van der Waals surface area contributed by atoms with E-state index in [2.05, 4.69) is 20.8 Å². The number of benzene rings is 2. The lowest BCUT2D eigenvalue weighted by Crippen LogP contribution is -2.29. The Hall–Kier alpha value is -3.34. The van der Waals surface area contributed by atoms with Crippen LogP contribution in [0.25, 0.3) is 0 Å². The molecule has 2 amide bonds. The van der Waals surface area contributed by atoms with Crippen LogP contribution in [-0.4, -0.2) is 32.3 Å². The molecule has 0 aliphatic heterocycles. The molecule has 2 aromatic carbocycles. The summed E-state index contributed by atoms with van der Waals surface area (Å²) in [6.45, 7) is 1.66. The first-order valence-electron chi connectivity index (χ1n) is 9.09. The Morgan fingerprint density at radius 3 is 2.35 bits per heavy atom. The molecule has 0 aliphatic rings. The van der Waals surface area contributed by atoms with E-state index in [-0.39, 0.29) is 11.3 Å². The van der Waals surface area contributed by atoms with Crippen molar-refractivity contribution in [3.8, 4) is 0 Å². The number of nitrogens with one attached hydrogen (secondary N) is 2. The van der Waals surface area contributed by atoms with Crippen molar-refractivity contribution in [1.82, 2.24) is 20.1 Å². The molecule has 162 valence electrons. The Balaban J connectivity index is 1.61. The zero-order valence-electron chi connectivity index (χ0n) is 16.5. The van der Waals surface area contributed by atoms with Crippen LogP contribution in [-0.2, 0) is 11.8 Å². The average molecular weight is 449 g/mol. The lowest BCUT2D eigenvalue weighted by Gasteiger charge is -2.14. The summed E-state index contributed by atoms with van der Waals surface area (Å²) in [6.07, 6.45) is 0. The molecule has 0 spiro atoms. The van der Waals surface area contributed by atoms with E-state index in [1.54, 1.807) is 24.6 Å². The van der Waals surface area contributed by atoms with Crippen molar-refractivity contribution in [1.29, 1.82) is 0 Å². The van der Waals surface area contributed by atoms with Crippen molar-refractivity contribution >= 4 is 29.3 Å². The highest BCUT2D eigenvalue weighted by Crippen LogP contribution is 2.22. The maximum Gasteiger partial charge on any atom is 0.254 e. The molecule has 11 heteroatoms. The molecule has 0 saturated carbocycles. The van der Waals surface area contributed by atoms with Gasteiger partial charge in [0, 0.05) is 7.05 Å². The number of aromatic nitrogens is 3. The van der Waals surface area contributed by atoms with E-state index in [0.29, 0.717) is 11.0 Å². The van der Waals surface area contributed by atoms with E-state index in [9.17, 15) is 22.8 Å². The van der Waals surface area contributed by atoms with Crippen LogP contribution >= 0.6 is 11.8 Å². The normalized spacial score (nSPS) is 11.8. The van der Waals surface area contributed by atoms with Gasteiger partial charge in [-0.25, -0.2) is 13.2 Å². The molecule has 0 saturated heterocycles. The molecule has 0 radical (unpaired) electrons. The molecule has 1 heterocycles. The number of halogens is 3. The van der Waals surface area contributed by atoms with Crippen molar-refractivity contribution in [2.24, 2.45) is 7.05 Å². The second kappa shape index (κ2) is 9.65. The molecular weight excluding hydrogens is 431 g/mol. The smallest absolute Gasteiger partial charge is 0.254 e. The molecular formula is C20H18F3N5O2S. The number of anilines is 1. The number of thioether (sulfide) groups is 1. The third kappa shape index (κ3) is 5.23. The minimum atomic E-state index is -0.876. The van der Waals surface area contributed by atoms with Crippen LogP contribution in [0.3, 0.4) is 0 Å². The SMILES string of the molecule is C[C@@H](NC(=O)c1ccccc1F)c1nnc(SCC(=O)Nc2c(F)cccc2F)n1C. The largest absolute Gasteiger partial charge is 0.342 e. The fraction of sp³-hybridized carbons (Fsp3) is 0.200. The molecule has 1 aromatic heterocycles. The molecule has 0 fully saturated rings. The van der Waals surface area contributed by atoms with Crippen LogP contribution in [0.2, 0.25) is 0 Å². The maximum atomic E-state index is 13.8. The molecule has 0 unspecified atom stereocenters. The van der Waals surface area contributed by atoms with Crippen molar-refractivity contribution < 1.29 is 22.8 Å². The van der Waals surface area contributed by atoms with Gasteiger partial charge in [0.2, 0.25) is 5.91 Å². The molecule has 31 heavy (non-hydrogen) atoms. The lowest BCUT2D eigenvalue weighted by molar-refractivity contribution is -0.113. The van der Waals surface area contributed by atoms with Gasteiger partial charge in [0.15, 0.2) is 11.0 Å². The number of amides is 2. The molecule has 2 N–H and O–H groups in total. The standard InChI is InChI=1S/C20H18F3N5O2S/c1-11(24-19(30)12-6-3-4-7-13(12)21)18-26-27-20(28(18)2)31-10-16(29)25-17-14(22)8-5-9-15(17)23/h3-9,11H,10H2,1-2H3,(H,24,30)(H,25,29)/t11-/m1/s1. The monoisotopic (exact) mass is 449 g/mol. The highest BCUT2D eigenvalue weighted by molar-refractivity contribution is 7.99. The van der Waals surface area contributed by atoms with Crippen molar-refractivity contribution in [3.63, 3.8) is 0 Å². The van der Waals surface area contributed by atoms with E-state index in [1.165, 1.54) is 24.3 Å². The number of para-hydroxylation sites is 1. The first kappa shape index (κ1) is 22.3. The van der Waals surface area contributed by atoms with Crippen molar-refractivity contribution in [3.05, 3.63) is 71.3 Å². The number of nitrogens with zero attached hydrogens (tertiary/aromatic N) is 3. The van der Waals surface area contributed by atoms with Gasteiger partial charge in [0.05, 0.1) is 17.4 Å². The second-order valence-corrected chi connectivity index (χ2v) is 7.45. The van der Waals surface area contributed by atoms with Gasteiger partial charge < -0.3 is 15.2 Å². The van der Waals surface area contributed by atoms with Crippen molar-refractivity contribution in [2.75, 3.05) is 11.1 Å². The third-order valence-corrected chi connectivity index (χ3v) is 5.30. The van der Waals surface area contributed by atoms with Gasteiger partial charge in [-0.1, -0.05) is 30.0 Å². The Kier molecular flexibility index (Phi) is 6.95. The van der Waals surface area contributed by atoms with Gasteiger partial charge in [0.1, 0.15) is 23.1 Å². The molecule has 0 bridgehead atoms. The van der Waals surface area contributed by atoms with Crippen molar-refractivity contribution in [2.45, 2.75) is 18.1 Å². The minimum Gasteiger partial charge on any atom is -0.342 e. The first-order valence-corrected chi connectivity index (χ1v) is 10.1. The van der Waals surface area contributed by atoms with Crippen LogP contribution in [0.4, 0.5) is 18.9 Å². The van der Waals surface area contributed by atoms with Gasteiger partial charge in [-0.3, -0.25) is 9.59 Å². The predicted molar refractivity (Wildman–Crippen MR) is 109 cm³/mol. The van der Waals surface area contributed by atoms with Crippen LogP contribution in [0, 0.1) is 17.5 Å². The average Bonchev–Trinajstić information content (AvgIpc) is 3.10. The van der Waals surface area contributed by atoms with E-state index >= 15 is 0 Å². The van der Waals surface area contributed by atoms with Gasteiger partial charge in [-0.15, -0.1) is 10.2 Å². The van der Waals surface area contributed by atoms with Crippen LogP contribution in [0.15, 0.2) is 47.6 Å². The van der Waals surface area contributed by atoms with Crippen LogP contribution in [0.5, 0.6) is 0 Å². The van der Waals surface area contributed by atoms with E-state index in [1.807, 2.05) is 0 Å². The van der Waals surface area contributed by atoms with Crippen LogP contribution < -0.4 is 10.6 Å². The summed E-state index contributed by atoms with van der Waals surface area (Å²) in [5.41, 5.74) is -0.612. The predicted octanol–water partition coefficient (Wildman–Crippen LogP) is 3.45. The summed E-state index contributed by atoms with van der Waals surface area (Å²) in [5, 5.41) is 13.2. The number of hydrogen-bond acceptors (Lipinski definition) is 5. The summed E-state index contributed by atoms with van der Waals surface area (Å²) in [4.78, 5) is 24.3. The summed E-state index contributed by atoms with van der Waals surface area (Å²) in [5.74, 6) is -3.41. The summed E-state index contributed by atoms with van der Waals surface area (Å²) in [7, 11) is 1.64.